The first-order valence-electron chi connectivity index (χ1n) is 7.07. The van der Waals surface area contributed by atoms with E-state index in [1.165, 1.54) is 18.4 Å². The van der Waals surface area contributed by atoms with Crippen molar-refractivity contribution in [2.45, 2.75) is 59.4 Å². The molecule has 0 amide bonds. The van der Waals surface area contributed by atoms with Crippen LogP contribution in [0.25, 0.3) is 0 Å². The lowest BCUT2D eigenvalue weighted by Gasteiger charge is -2.31. The van der Waals surface area contributed by atoms with Crippen LogP contribution in [-0.2, 0) is 0 Å². The van der Waals surface area contributed by atoms with Gasteiger partial charge in [0.2, 0.25) is 0 Å². The Balaban J connectivity index is 2.75. The minimum Gasteiger partial charge on any atom is -0.313 e. The first-order chi connectivity index (χ1) is 8.44. The van der Waals surface area contributed by atoms with E-state index in [0.29, 0.717) is 17.4 Å². The van der Waals surface area contributed by atoms with Crippen molar-refractivity contribution in [1.82, 2.24) is 10.3 Å². The van der Waals surface area contributed by atoms with Gasteiger partial charge in [-0.1, -0.05) is 34.6 Å². The summed E-state index contributed by atoms with van der Waals surface area (Å²) in [5, 5.41) is 3.70. The maximum atomic E-state index is 4.10. The van der Waals surface area contributed by atoms with Gasteiger partial charge in [0.05, 0.1) is 0 Å². The van der Waals surface area contributed by atoms with E-state index >= 15 is 0 Å². The van der Waals surface area contributed by atoms with Crippen LogP contribution in [0.5, 0.6) is 0 Å². The van der Waals surface area contributed by atoms with E-state index in [4.69, 9.17) is 0 Å². The van der Waals surface area contributed by atoms with E-state index in [-0.39, 0.29) is 0 Å². The third-order valence-electron chi connectivity index (χ3n) is 3.32. The van der Waals surface area contributed by atoms with Crippen LogP contribution < -0.4 is 5.32 Å². The summed E-state index contributed by atoms with van der Waals surface area (Å²) < 4.78 is 0. The third-order valence-corrected chi connectivity index (χ3v) is 3.32. The topological polar surface area (TPSA) is 24.9 Å². The second kappa shape index (κ2) is 6.89. The van der Waals surface area contributed by atoms with Gasteiger partial charge in [0.1, 0.15) is 0 Å². The van der Waals surface area contributed by atoms with Crippen LogP contribution in [0.15, 0.2) is 24.5 Å². The Bertz CT molecular complexity index is 327. The monoisotopic (exact) mass is 248 g/mol. The minimum absolute atomic E-state index is 0.354. The molecule has 102 valence electrons. The molecular weight excluding hydrogens is 220 g/mol. The lowest BCUT2D eigenvalue weighted by molar-refractivity contribution is 0.286. The fourth-order valence-electron chi connectivity index (χ4n) is 2.31. The number of hydrogen-bond acceptors (Lipinski definition) is 2. The fourth-order valence-corrected chi connectivity index (χ4v) is 2.31. The number of nitrogens with zero attached hydrogens (tertiary/aromatic N) is 1. The first kappa shape index (κ1) is 15.2. The molecule has 18 heavy (non-hydrogen) atoms. The predicted octanol–water partition coefficient (Wildman–Crippen LogP) is 3.99. The lowest BCUT2D eigenvalue weighted by Crippen LogP contribution is -2.37. The third kappa shape index (κ3) is 5.18. The van der Waals surface area contributed by atoms with Gasteiger partial charge in [-0.05, 0) is 48.4 Å². The highest BCUT2D eigenvalue weighted by molar-refractivity contribution is 5.17. The molecule has 1 rings (SSSR count). The molecule has 1 N–H and O–H groups in total. The van der Waals surface area contributed by atoms with Crippen LogP contribution in [0.1, 0.15) is 58.9 Å². The molecule has 2 nitrogen and oxygen atoms in total. The van der Waals surface area contributed by atoms with Gasteiger partial charge in [-0.2, -0.15) is 0 Å². The van der Waals surface area contributed by atoms with E-state index in [0.717, 1.165) is 6.54 Å². The minimum atomic E-state index is 0.354. The van der Waals surface area contributed by atoms with Crippen molar-refractivity contribution in [2.24, 2.45) is 5.41 Å². The summed E-state index contributed by atoms with van der Waals surface area (Å²) in [6, 6.07) is 4.80. The summed E-state index contributed by atoms with van der Waals surface area (Å²) in [7, 11) is 0. The molecule has 0 spiro atoms. The highest BCUT2D eigenvalue weighted by Crippen LogP contribution is 2.28. The molecule has 0 aliphatic carbocycles. The molecule has 1 heterocycles. The number of pyridine rings is 1. The van der Waals surface area contributed by atoms with E-state index in [2.05, 4.69) is 57.1 Å². The molecule has 1 aromatic heterocycles. The second-order valence-corrected chi connectivity index (χ2v) is 6.39. The van der Waals surface area contributed by atoms with Crippen molar-refractivity contribution in [2.75, 3.05) is 6.54 Å². The zero-order chi connectivity index (χ0) is 13.6. The molecule has 0 aromatic carbocycles. The number of aromatic nitrogens is 1. The van der Waals surface area contributed by atoms with Gasteiger partial charge in [0, 0.05) is 18.4 Å². The molecule has 0 aliphatic rings. The maximum Gasteiger partial charge on any atom is 0.0270 e. The summed E-state index contributed by atoms with van der Waals surface area (Å²) >= 11 is 0. The lowest BCUT2D eigenvalue weighted by atomic mass is 9.81. The van der Waals surface area contributed by atoms with Crippen molar-refractivity contribution >= 4 is 0 Å². The molecule has 0 aliphatic heterocycles. The molecule has 0 saturated carbocycles. The Kier molecular flexibility index (Phi) is 5.80. The highest BCUT2D eigenvalue weighted by atomic mass is 14.9. The summed E-state index contributed by atoms with van der Waals surface area (Å²) in [5.41, 5.74) is 1.73. The van der Waals surface area contributed by atoms with Crippen LogP contribution in [0.4, 0.5) is 0 Å². The fraction of sp³-hybridized carbons (Fsp3) is 0.688. The Morgan fingerprint density at radius 3 is 2.33 bits per heavy atom. The zero-order valence-electron chi connectivity index (χ0n) is 12.5. The average Bonchev–Trinajstić information content (AvgIpc) is 2.33. The maximum absolute atomic E-state index is 4.10. The summed E-state index contributed by atoms with van der Waals surface area (Å²) in [4.78, 5) is 4.10. The molecule has 0 fully saturated rings. The molecule has 0 saturated heterocycles. The van der Waals surface area contributed by atoms with Crippen LogP contribution in [-0.4, -0.2) is 17.6 Å². The Morgan fingerprint density at radius 1 is 1.22 bits per heavy atom. The summed E-state index contributed by atoms with van der Waals surface area (Å²) in [6.07, 6.45) is 6.15. The van der Waals surface area contributed by atoms with E-state index in [9.17, 15) is 0 Å². The molecular formula is C16H28N2. The summed E-state index contributed by atoms with van der Waals surface area (Å²) in [6.45, 7) is 12.6. The van der Waals surface area contributed by atoms with Gasteiger partial charge < -0.3 is 5.32 Å². The Morgan fingerprint density at radius 2 is 1.83 bits per heavy atom. The van der Waals surface area contributed by atoms with E-state index in [1.807, 2.05) is 12.4 Å². The van der Waals surface area contributed by atoms with Crippen LogP contribution >= 0.6 is 0 Å². The zero-order valence-corrected chi connectivity index (χ0v) is 12.5. The summed E-state index contributed by atoms with van der Waals surface area (Å²) in [5.74, 6) is 0.527. The average molecular weight is 248 g/mol. The number of hydrogen-bond donors (Lipinski definition) is 1. The standard InChI is InChI=1S/C16H28N2/c1-6-9-18-15(12-16(3,4)5)13(2)14-7-10-17-11-8-14/h7-8,10-11,13,15,18H,6,9,12H2,1-5H3. The van der Waals surface area contributed by atoms with Crippen molar-refractivity contribution in [3.05, 3.63) is 30.1 Å². The quantitative estimate of drug-likeness (QED) is 0.823. The predicted molar refractivity (Wildman–Crippen MR) is 78.8 cm³/mol. The van der Waals surface area contributed by atoms with Gasteiger partial charge in [0.15, 0.2) is 0 Å². The van der Waals surface area contributed by atoms with Crippen molar-refractivity contribution in [1.29, 1.82) is 0 Å². The number of rotatable bonds is 6. The van der Waals surface area contributed by atoms with Crippen molar-refractivity contribution in [3.8, 4) is 0 Å². The molecule has 1 aromatic rings. The highest BCUT2D eigenvalue weighted by Gasteiger charge is 2.24. The van der Waals surface area contributed by atoms with E-state index in [1.54, 1.807) is 0 Å². The molecule has 2 unspecified atom stereocenters. The molecule has 2 heteroatoms. The normalized spacial score (nSPS) is 15.4. The second-order valence-electron chi connectivity index (χ2n) is 6.39. The smallest absolute Gasteiger partial charge is 0.0270 e. The molecule has 2 atom stereocenters. The molecule has 0 radical (unpaired) electrons. The van der Waals surface area contributed by atoms with Gasteiger partial charge in [-0.25, -0.2) is 0 Å². The number of nitrogens with one attached hydrogen (secondary N) is 1. The van der Waals surface area contributed by atoms with Crippen LogP contribution in [0.2, 0.25) is 0 Å². The van der Waals surface area contributed by atoms with Crippen LogP contribution in [0.3, 0.4) is 0 Å². The van der Waals surface area contributed by atoms with Crippen molar-refractivity contribution in [3.63, 3.8) is 0 Å². The first-order valence-corrected chi connectivity index (χ1v) is 7.07. The molecule has 0 bridgehead atoms. The van der Waals surface area contributed by atoms with Gasteiger partial charge in [0.25, 0.3) is 0 Å². The van der Waals surface area contributed by atoms with Gasteiger partial charge >= 0.3 is 0 Å². The van der Waals surface area contributed by atoms with Crippen LogP contribution in [0, 0.1) is 5.41 Å². The van der Waals surface area contributed by atoms with E-state index < -0.39 is 0 Å². The van der Waals surface area contributed by atoms with Gasteiger partial charge in [-0.3, -0.25) is 4.98 Å². The SMILES string of the molecule is CCCNC(CC(C)(C)C)C(C)c1ccncc1. The Labute approximate surface area is 112 Å². The largest absolute Gasteiger partial charge is 0.313 e. The van der Waals surface area contributed by atoms with Crippen molar-refractivity contribution < 1.29 is 0 Å². The Hall–Kier alpha value is -0.890. The van der Waals surface area contributed by atoms with Gasteiger partial charge in [-0.15, -0.1) is 0 Å².